The summed E-state index contributed by atoms with van der Waals surface area (Å²) in [5.41, 5.74) is 4.67. The van der Waals surface area contributed by atoms with Crippen molar-refractivity contribution < 1.29 is 9.47 Å². The minimum Gasteiger partial charge on any atom is -0.490 e. The summed E-state index contributed by atoms with van der Waals surface area (Å²) < 4.78 is 12.3. The molecule has 0 spiro atoms. The maximum atomic E-state index is 5.95. The summed E-state index contributed by atoms with van der Waals surface area (Å²) in [6.07, 6.45) is 2.66. The van der Waals surface area contributed by atoms with Gasteiger partial charge in [0, 0.05) is 5.02 Å². The van der Waals surface area contributed by atoms with Crippen molar-refractivity contribution in [1.29, 1.82) is 0 Å². The van der Waals surface area contributed by atoms with E-state index >= 15 is 0 Å². The number of ether oxygens (including phenoxy) is 2. The molecule has 0 saturated heterocycles. The molecule has 0 bridgehead atoms. The molecule has 6 heteroatoms. The van der Waals surface area contributed by atoms with Crippen LogP contribution in [0.5, 0.6) is 11.5 Å². The number of hydrogen-bond acceptors (Lipinski definition) is 4. The van der Waals surface area contributed by atoms with Gasteiger partial charge in [-0.15, -0.1) is 0 Å². The Morgan fingerprint density at radius 3 is 2.75 bits per heavy atom. The zero-order chi connectivity index (χ0) is 17.4. The molecule has 4 nitrogen and oxygen atoms in total. The molecule has 0 saturated carbocycles. The Labute approximate surface area is 155 Å². The Bertz CT molecular complexity index is 707. The maximum absolute atomic E-state index is 5.95. The van der Waals surface area contributed by atoms with Gasteiger partial charge in [-0.2, -0.15) is 5.10 Å². The molecular weight excluding hydrogens is 392 g/mol. The monoisotopic (exact) mass is 410 g/mol. The number of hydrogen-bond donors (Lipinski definition) is 1. The van der Waals surface area contributed by atoms with E-state index in [1.807, 2.05) is 43.3 Å². The summed E-state index contributed by atoms with van der Waals surface area (Å²) in [6, 6.07) is 11.2. The third kappa shape index (κ3) is 5.42. The van der Waals surface area contributed by atoms with Gasteiger partial charge in [0.25, 0.3) is 0 Å². The van der Waals surface area contributed by atoms with Crippen molar-refractivity contribution in [3.8, 4) is 11.5 Å². The number of nitrogens with one attached hydrogen (secondary N) is 1. The van der Waals surface area contributed by atoms with Gasteiger partial charge >= 0.3 is 0 Å². The topological polar surface area (TPSA) is 42.8 Å². The molecule has 24 heavy (non-hydrogen) atoms. The Morgan fingerprint density at radius 1 is 1.21 bits per heavy atom. The number of halogens is 2. The lowest BCUT2D eigenvalue weighted by Gasteiger charge is -2.14. The Balaban J connectivity index is 2.16. The summed E-state index contributed by atoms with van der Waals surface area (Å²) in [5.74, 6) is 1.42. The fourth-order valence-electron chi connectivity index (χ4n) is 2.01. The van der Waals surface area contributed by atoms with Crippen molar-refractivity contribution in [3.05, 3.63) is 51.5 Å². The second-order valence-electron chi connectivity index (χ2n) is 4.99. The Morgan fingerprint density at radius 2 is 2.04 bits per heavy atom. The largest absolute Gasteiger partial charge is 0.490 e. The average Bonchev–Trinajstić information content (AvgIpc) is 2.54. The van der Waals surface area contributed by atoms with E-state index in [0.29, 0.717) is 24.0 Å². The molecule has 0 radical (unpaired) electrons. The highest BCUT2D eigenvalue weighted by Crippen LogP contribution is 2.36. The van der Waals surface area contributed by atoms with Gasteiger partial charge < -0.3 is 9.47 Å². The predicted octanol–water partition coefficient (Wildman–Crippen LogP) is 5.74. The first-order chi connectivity index (χ1) is 11.6. The van der Waals surface area contributed by atoms with E-state index in [9.17, 15) is 0 Å². The second-order valence-corrected chi connectivity index (χ2v) is 6.28. The molecule has 0 aliphatic heterocycles. The number of rotatable bonds is 8. The van der Waals surface area contributed by atoms with Gasteiger partial charge in [0.2, 0.25) is 0 Å². The fourth-order valence-corrected chi connectivity index (χ4v) is 2.77. The second kappa shape index (κ2) is 9.55. The minimum atomic E-state index is 0.566. The van der Waals surface area contributed by atoms with Crippen LogP contribution in [0.25, 0.3) is 0 Å². The van der Waals surface area contributed by atoms with Gasteiger partial charge in [-0.1, -0.05) is 24.6 Å². The van der Waals surface area contributed by atoms with Gasteiger partial charge in [-0.3, -0.25) is 5.43 Å². The lowest BCUT2D eigenvalue weighted by molar-refractivity contribution is 0.275. The quantitative estimate of drug-likeness (QED) is 0.445. The molecule has 0 unspecified atom stereocenters. The number of benzene rings is 2. The molecule has 1 N–H and O–H groups in total. The first-order valence-corrected chi connectivity index (χ1v) is 8.95. The minimum absolute atomic E-state index is 0.566. The molecule has 0 amide bonds. The van der Waals surface area contributed by atoms with Crippen LogP contribution in [0.4, 0.5) is 5.69 Å². The summed E-state index contributed by atoms with van der Waals surface area (Å²) in [7, 11) is 0. The van der Waals surface area contributed by atoms with Gasteiger partial charge in [0.05, 0.1) is 29.6 Å². The number of hydrazone groups is 1. The molecule has 0 aliphatic carbocycles. The summed E-state index contributed by atoms with van der Waals surface area (Å²) in [5, 5.41) is 4.90. The molecule has 0 aliphatic rings. The third-order valence-electron chi connectivity index (χ3n) is 3.01. The zero-order valence-corrected chi connectivity index (χ0v) is 16.0. The highest BCUT2D eigenvalue weighted by atomic mass is 79.9. The smallest absolute Gasteiger partial charge is 0.175 e. The van der Waals surface area contributed by atoms with Crippen LogP contribution in [-0.4, -0.2) is 19.4 Å². The van der Waals surface area contributed by atoms with Gasteiger partial charge in [-0.25, -0.2) is 0 Å². The maximum Gasteiger partial charge on any atom is 0.175 e. The molecule has 2 rings (SSSR count). The highest BCUT2D eigenvalue weighted by Gasteiger charge is 2.11. The molecule has 2 aromatic rings. The number of nitrogens with zero attached hydrogens (tertiary/aromatic N) is 1. The highest BCUT2D eigenvalue weighted by molar-refractivity contribution is 9.10. The third-order valence-corrected chi connectivity index (χ3v) is 3.84. The number of anilines is 1. The van der Waals surface area contributed by atoms with Crippen LogP contribution in [0, 0.1) is 0 Å². The van der Waals surface area contributed by atoms with E-state index in [1.165, 1.54) is 0 Å². The van der Waals surface area contributed by atoms with Crippen molar-refractivity contribution >= 4 is 39.4 Å². The van der Waals surface area contributed by atoms with Crippen LogP contribution in [0.15, 0.2) is 46.0 Å². The summed E-state index contributed by atoms with van der Waals surface area (Å²) >= 11 is 9.49. The zero-order valence-electron chi connectivity index (χ0n) is 13.7. The molecule has 2 aromatic carbocycles. The molecule has 0 heterocycles. The van der Waals surface area contributed by atoms with E-state index in [-0.39, 0.29) is 0 Å². The summed E-state index contributed by atoms with van der Waals surface area (Å²) in [4.78, 5) is 0. The standard InChI is InChI=1S/C18H20BrClN2O2/c1-3-8-24-18-16(19)9-13(10-17(18)23-4-2)12-21-22-15-7-5-6-14(20)11-15/h5-7,9-12,22H,3-4,8H2,1-2H3. The summed E-state index contributed by atoms with van der Waals surface area (Å²) in [6.45, 7) is 5.22. The van der Waals surface area contributed by atoms with Crippen LogP contribution in [-0.2, 0) is 0 Å². The van der Waals surface area contributed by atoms with Crippen molar-refractivity contribution in [3.63, 3.8) is 0 Å². The molecule has 0 fully saturated rings. The lowest BCUT2D eigenvalue weighted by atomic mass is 10.2. The van der Waals surface area contributed by atoms with Crippen LogP contribution in [0.3, 0.4) is 0 Å². The normalized spacial score (nSPS) is 10.8. The van der Waals surface area contributed by atoms with E-state index in [2.05, 4.69) is 33.4 Å². The van der Waals surface area contributed by atoms with E-state index in [0.717, 1.165) is 27.9 Å². The molecule has 128 valence electrons. The average molecular weight is 412 g/mol. The van der Waals surface area contributed by atoms with Crippen LogP contribution in [0.2, 0.25) is 5.02 Å². The first-order valence-electron chi connectivity index (χ1n) is 7.77. The van der Waals surface area contributed by atoms with Gasteiger partial charge in [-0.05, 0) is 65.2 Å². The Kier molecular flexibility index (Phi) is 7.40. The van der Waals surface area contributed by atoms with Crippen LogP contribution >= 0.6 is 27.5 Å². The van der Waals surface area contributed by atoms with E-state index in [4.69, 9.17) is 21.1 Å². The van der Waals surface area contributed by atoms with Crippen molar-refractivity contribution in [2.24, 2.45) is 5.10 Å². The van der Waals surface area contributed by atoms with E-state index in [1.54, 1.807) is 6.21 Å². The predicted molar refractivity (Wildman–Crippen MR) is 104 cm³/mol. The van der Waals surface area contributed by atoms with Crippen LogP contribution in [0.1, 0.15) is 25.8 Å². The first kappa shape index (κ1) is 18.6. The molecule has 0 atom stereocenters. The SMILES string of the molecule is CCCOc1c(Br)cc(C=NNc2cccc(Cl)c2)cc1OCC. The molecule has 0 aromatic heterocycles. The molecular formula is C18H20BrClN2O2. The van der Waals surface area contributed by atoms with E-state index < -0.39 is 0 Å². The van der Waals surface area contributed by atoms with Gasteiger partial charge in [0.15, 0.2) is 11.5 Å². The van der Waals surface area contributed by atoms with Crippen LogP contribution < -0.4 is 14.9 Å². The van der Waals surface area contributed by atoms with Crippen molar-refractivity contribution in [1.82, 2.24) is 0 Å². The van der Waals surface area contributed by atoms with Gasteiger partial charge in [0.1, 0.15) is 0 Å². The lowest BCUT2D eigenvalue weighted by Crippen LogP contribution is -2.02. The van der Waals surface area contributed by atoms with Crippen molar-refractivity contribution in [2.45, 2.75) is 20.3 Å². The fraction of sp³-hybridized carbons (Fsp3) is 0.278. The Hall–Kier alpha value is -1.72. The van der Waals surface area contributed by atoms with Crippen molar-refractivity contribution in [2.75, 3.05) is 18.6 Å².